The number of rotatable bonds is 15. The van der Waals surface area contributed by atoms with Crippen molar-refractivity contribution in [2.75, 3.05) is 26.2 Å². The van der Waals surface area contributed by atoms with Crippen molar-refractivity contribution in [3.8, 4) is 11.8 Å². The number of carbonyl (C=O) groups excluding carboxylic acids is 3. The van der Waals surface area contributed by atoms with E-state index in [2.05, 4.69) is 21.7 Å². The number of nitriles is 1. The van der Waals surface area contributed by atoms with Crippen LogP contribution in [0, 0.1) is 11.3 Å². The molecule has 0 saturated heterocycles. The molecule has 0 spiro atoms. The Morgan fingerprint density at radius 2 is 1.70 bits per heavy atom. The standard InChI is InChI=1S/C28H38N8O4/c1-2-36(15-13-19-5-7-21(17-29)8-6-19)25(38)18-34-27(40)24(4-3-14-33-28(31)32)35-26(39)23(30)16-20-9-11-22(37)12-10-20/h5-12,23-24,37H,2-4,13-16,18,30H2,1H3,(H,34,40)(H,35,39)(H4,31,32,33)/t23-,24+/m0/s1. The van der Waals surface area contributed by atoms with Crippen molar-refractivity contribution in [1.29, 1.82) is 5.26 Å². The SMILES string of the molecule is CCN(CCc1ccc(C#N)cc1)C(=O)CNC(=O)[C@@H](CCCN=C(N)N)NC(=O)[C@@H](N)Cc1ccc(O)cc1. The van der Waals surface area contributed by atoms with Crippen molar-refractivity contribution in [2.45, 2.75) is 44.7 Å². The van der Waals surface area contributed by atoms with E-state index in [9.17, 15) is 19.5 Å². The summed E-state index contributed by atoms with van der Waals surface area (Å²) in [5, 5.41) is 23.7. The van der Waals surface area contributed by atoms with Gasteiger partial charge in [-0.2, -0.15) is 5.26 Å². The third-order valence-electron chi connectivity index (χ3n) is 6.21. The smallest absolute Gasteiger partial charge is 0.243 e. The first-order chi connectivity index (χ1) is 19.1. The van der Waals surface area contributed by atoms with E-state index in [1.54, 1.807) is 29.2 Å². The Morgan fingerprint density at radius 3 is 2.30 bits per heavy atom. The van der Waals surface area contributed by atoms with Crippen molar-refractivity contribution >= 4 is 23.7 Å². The highest BCUT2D eigenvalue weighted by molar-refractivity contribution is 5.91. The number of hydrogen-bond donors (Lipinski definition) is 6. The number of nitrogens with zero attached hydrogens (tertiary/aromatic N) is 3. The quantitative estimate of drug-likeness (QED) is 0.0996. The Bertz CT molecular complexity index is 1190. The zero-order valence-corrected chi connectivity index (χ0v) is 22.7. The van der Waals surface area contributed by atoms with E-state index >= 15 is 0 Å². The minimum atomic E-state index is -0.950. The van der Waals surface area contributed by atoms with Crippen LogP contribution in [0.15, 0.2) is 53.5 Å². The fraction of sp³-hybridized carbons (Fsp3) is 0.393. The maximum Gasteiger partial charge on any atom is 0.243 e. The normalized spacial score (nSPS) is 11.9. The predicted molar refractivity (Wildman–Crippen MR) is 152 cm³/mol. The Morgan fingerprint density at radius 1 is 1.05 bits per heavy atom. The van der Waals surface area contributed by atoms with Crippen LogP contribution in [0.3, 0.4) is 0 Å². The van der Waals surface area contributed by atoms with Crippen LogP contribution in [0.5, 0.6) is 5.75 Å². The number of amides is 3. The number of phenols is 1. The molecule has 0 saturated carbocycles. The molecule has 214 valence electrons. The average Bonchev–Trinajstić information content (AvgIpc) is 2.94. The van der Waals surface area contributed by atoms with Gasteiger partial charge in [0.1, 0.15) is 11.8 Å². The number of carbonyl (C=O) groups is 3. The molecule has 9 N–H and O–H groups in total. The minimum absolute atomic E-state index is 0.0767. The number of aromatic hydroxyl groups is 1. The molecule has 0 radical (unpaired) electrons. The van der Waals surface area contributed by atoms with Crippen LogP contribution in [0.4, 0.5) is 0 Å². The summed E-state index contributed by atoms with van der Waals surface area (Å²) in [4.78, 5) is 44.1. The molecule has 0 unspecified atom stereocenters. The van der Waals surface area contributed by atoms with Crippen molar-refractivity contribution in [1.82, 2.24) is 15.5 Å². The summed E-state index contributed by atoms with van der Waals surface area (Å²) >= 11 is 0. The fourth-order valence-electron chi connectivity index (χ4n) is 3.90. The van der Waals surface area contributed by atoms with Crippen molar-refractivity contribution in [2.24, 2.45) is 22.2 Å². The largest absolute Gasteiger partial charge is 0.508 e. The molecule has 0 bridgehead atoms. The monoisotopic (exact) mass is 550 g/mol. The van der Waals surface area contributed by atoms with Gasteiger partial charge in [0.2, 0.25) is 17.7 Å². The molecule has 0 aromatic heterocycles. The Kier molecular flexibility index (Phi) is 12.9. The molecule has 12 nitrogen and oxygen atoms in total. The summed E-state index contributed by atoms with van der Waals surface area (Å²) in [6.07, 6.45) is 1.44. The first-order valence-electron chi connectivity index (χ1n) is 13.1. The first kappa shape index (κ1) is 31.6. The van der Waals surface area contributed by atoms with Gasteiger partial charge >= 0.3 is 0 Å². The number of nitrogens with two attached hydrogens (primary N) is 3. The van der Waals surface area contributed by atoms with E-state index in [1.807, 2.05) is 19.1 Å². The highest BCUT2D eigenvalue weighted by atomic mass is 16.3. The van der Waals surface area contributed by atoms with Crippen LogP contribution in [0.25, 0.3) is 0 Å². The van der Waals surface area contributed by atoms with Gasteiger partial charge in [-0.1, -0.05) is 24.3 Å². The summed E-state index contributed by atoms with van der Waals surface area (Å²) in [5.41, 5.74) is 19.1. The summed E-state index contributed by atoms with van der Waals surface area (Å²) in [6.45, 7) is 2.78. The lowest BCUT2D eigenvalue weighted by atomic mass is 10.0. The third-order valence-corrected chi connectivity index (χ3v) is 6.21. The Hall–Kier alpha value is -4.63. The highest BCUT2D eigenvalue weighted by Gasteiger charge is 2.24. The summed E-state index contributed by atoms with van der Waals surface area (Å²) < 4.78 is 0. The lowest BCUT2D eigenvalue weighted by molar-refractivity contribution is -0.134. The van der Waals surface area contributed by atoms with Crippen LogP contribution < -0.4 is 27.8 Å². The second-order valence-corrected chi connectivity index (χ2v) is 9.24. The molecule has 2 atom stereocenters. The minimum Gasteiger partial charge on any atom is -0.508 e. The van der Waals surface area contributed by atoms with Crippen LogP contribution in [-0.2, 0) is 27.2 Å². The summed E-state index contributed by atoms with van der Waals surface area (Å²) in [6, 6.07) is 13.7. The van der Waals surface area contributed by atoms with Crippen molar-refractivity contribution in [3.05, 3.63) is 65.2 Å². The van der Waals surface area contributed by atoms with Gasteiger partial charge in [-0.05, 0) is 68.0 Å². The van der Waals surface area contributed by atoms with Gasteiger partial charge < -0.3 is 37.8 Å². The highest BCUT2D eigenvalue weighted by Crippen LogP contribution is 2.11. The molecule has 0 heterocycles. The van der Waals surface area contributed by atoms with E-state index in [-0.39, 0.29) is 43.5 Å². The number of benzene rings is 2. The van der Waals surface area contributed by atoms with E-state index in [0.717, 1.165) is 11.1 Å². The van der Waals surface area contributed by atoms with Crippen LogP contribution in [0.2, 0.25) is 0 Å². The van der Waals surface area contributed by atoms with Gasteiger partial charge in [0.25, 0.3) is 0 Å². The molecule has 2 rings (SSSR count). The molecule has 2 aromatic carbocycles. The number of phenolic OH excluding ortho intramolecular Hbond substituents is 1. The topological polar surface area (TPSA) is 213 Å². The first-order valence-corrected chi connectivity index (χ1v) is 13.1. The average molecular weight is 551 g/mol. The van der Waals surface area contributed by atoms with Gasteiger partial charge in [-0.3, -0.25) is 19.4 Å². The second kappa shape index (κ2) is 16.4. The number of hydrogen-bond acceptors (Lipinski definition) is 7. The van der Waals surface area contributed by atoms with Crippen LogP contribution >= 0.6 is 0 Å². The number of nitrogens with one attached hydrogen (secondary N) is 2. The zero-order chi connectivity index (χ0) is 29.5. The molecule has 12 heteroatoms. The van der Waals surface area contributed by atoms with E-state index in [1.165, 1.54) is 12.1 Å². The van der Waals surface area contributed by atoms with Crippen molar-refractivity contribution < 1.29 is 19.5 Å². The number of guanidine groups is 1. The van der Waals surface area contributed by atoms with Gasteiger partial charge in [-0.25, -0.2) is 0 Å². The second-order valence-electron chi connectivity index (χ2n) is 9.24. The number of likely N-dealkylation sites (N-methyl/N-ethyl adjacent to an activating group) is 1. The molecule has 0 fully saturated rings. The summed E-state index contributed by atoms with van der Waals surface area (Å²) in [7, 11) is 0. The van der Waals surface area contributed by atoms with Gasteiger partial charge in [-0.15, -0.1) is 0 Å². The molecule has 0 aliphatic rings. The zero-order valence-electron chi connectivity index (χ0n) is 22.7. The molecule has 40 heavy (non-hydrogen) atoms. The van der Waals surface area contributed by atoms with Crippen LogP contribution in [-0.4, -0.2) is 72.0 Å². The van der Waals surface area contributed by atoms with Gasteiger partial charge in [0.05, 0.1) is 24.2 Å². The lowest BCUT2D eigenvalue weighted by Gasteiger charge is -2.23. The molecule has 0 aliphatic heterocycles. The molecular formula is C28H38N8O4. The van der Waals surface area contributed by atoms with E-state index in [4.69, 9.17) is 22.5 Å². The van der Waals surface area contributed by atoms with Crippen LogP contribution in [0.1, 0.15) is 36.5 Å². The fourth-order valence-corrected chi connectivity index (χ4v) is 3.90. The van der Waals surface area contributed by atoms with Crippen molar-refractivity contribution in [3.63, 3.8) is 0 Å². The van der Waals surface area contributed by atoms with Gasteiger partial charge in [0.15, 0.2) is 5.96 Å². The van der Waals surface area contributed by atoms with E-state index in [0.29, 0.717) is 31.5 Å². The molecular weight excluding hydrogens is 512 g/mol. The maximum absolute atomic E-state index is 13.0. The number of aliphatic imine (C=N–C) groups is 1. The molecule has 2 aromatic rings. The predicted octanol–water partition coefficient (Wildman–Crippen LogP) is -0.121. The summed E-state index contributed by atoms with van der Waals surface area (Å²) in [5.74, 6) is -1.29. The Balaban J connectivity index is 1.95. The Labute approximate surface area is 234 Å². The molecule has 3 amide bonds. The lowest BCUT2D eigenvalue weighted by Crippen LogP contribution is -2.53. The molecule has 0 aliphatic carbocycles. The van der Waals surface area contributed by atoms with E-state index < -0.39 is 23.9 Å². The maximum atomic E-state index is 13.0. The third kappa shape index (κ3) is 11.0. The van der Waals surface area contributed by atoms with Gasteiger partial charge in [0, 0.05) is 19.6 Å².